The van der Waals surface area contributed by atoms with Gasteiger partial charge < -0.3 is 21.9 Å². The number of hydrogen-bond acceptors (Lipinski definition) is 10. The fourth-order valence-corrected chi connectivity index (χ4v) is 5.31. The van der Waals surface area contributed by atoms with Crippen LogP contribution in [0, 0.1) is 27.7 Å². The van der Waals surface area contributed by atoms with Crippen LogP contribution in [0.2, 0.25) is 0 Å². The lowest BCUT2D eigenvalue weighted by molar-refractivity contribution is 0.476. The van der Waals surface area contributed by atoms with Crippen molar-refractivity contribution in [3.8, 4) is 5.75 Å². The first-order valence-corrected chi connectivity index (χ1v) is 23.9. The van der Waals surface area contributed by atoms with Gasteiger partial charge in [0.15, 0.2) is 0 Å². The van der Waals surface area contributed by atoms with Crippen LogP contribution in [0.4, 0.5) is 22.9 Å². The maximum absolute atomic E-state index is 9.20. The van der Waals surface area contributed by atoms with Crippen LogP contribution in [-0.4, -0.2) is 35.0 Å². The molecule has 10 nitrogen and oxygen atoms in total. The first-order valence-electron chi connectivity index (χ1n) is 23.9. The standard InChI is InChI=1S/C15H13N3.C10H10N2.C9H8N2O.2C6H7N.6C2H6/c1-11-7-8-14-13(9-11)15(17-10-16-14)18-12-5-3-2-4-6-12;1-7-3-4-10-9(5-7)8(2)11-6-12-10;1-6-8-4-7(12)2-3-9(8)11-5-10-6;2*7-6-4-2-1-3-5-6;6*1-2/h2-10H,1H3,(H,16,17,18);3-6H,1-2H3;2-5,12H,1H3;2*1-5H,7H2;6*1-2H3. The molecule has 0 spiro atoms. The first kappa shape index (κ1) is 62.6. The van der Waals surface area contributed by atoms with Crippen LogP contribution < -0.4 is 16.8 Å². The topological polar surface area (TPSA) is 162 Å². The number of aryl methyl sites for hydroxylation is 4. The lowest BCUT2D eigenvalue weighted by Gasteiger charge is -2.08. The second kappa shape index (κ2) is 39.9. The molecule has 3 heterocycles. The summed E-state index contributed by atoms with van der Waals surface area (Å²) < 4.78 is 0. The molecule has 0 radical (unpaired) electrons. The predicted octanol–water partition coefficient (Wildman–Crippen LogP) is 16.3. The van der Waals surface area contributed by atoms with Crippen molar-refractivity contribution in [3.05, 3.63) is 187 Å². The summed E-state index contributed by atoms with van der Waals surface area (Å²) in [6.07, 6.45) is 4.71. The van der Waals surface area contributed by atoms with Crippen LogP contribution >= 0.6 is 0 Å². The van der Waals surface area contributed by atoms with Crippen LogP contribution in [0.3, 0.4) is 0 Å². The molecule has 0 aliphatic carbocycles. The van der Waals surface area contributed by atoms with Crippen LogP contribution in [0.25, 0.3) is 32.7 Å². The van der Waals surface area contributed by atoms with E-state index in [1.165, 1.54) is 17.5 Å². The Balaban J connectivity index is 0. The van der Waals surface area contributed by atoms with Gasteiger partial charge in [0.1, 0.15) is 30.5 Å². The fraction of sp³-hybridized carbons (Fsp3) is 0.276. The number of nitrogens with two attached hydrogens (primary N) is 2. The summed E-state index contributed by atoms with van der Waals surface area (Å²) in [6.45, 7) is 32.0. The summed E-state index contributed by atoms with van der Waals surface area (Å²) in [5.41, 5.74) is 20.6. The Hall–Kier alpha value is -7.46. The van der Waals surface area contributed by atoms with E-state index in [2.05, 4.69) is 73.3 Å². The Kier molecular flexibility index (Phi) is 36.7. The third kappa shape index (κ3) is 24.2. The lowest BCUT2D eigenvalue weighted by Crippen LogP contribution is -1.95. The van der Waals surface area contributed by atoms with Crippen molar-refractivity contribution in [1.29, 1.82) is 0 Å². The Morgan fingerprint density at radius 2 is 0.706 bits per heavy atom. The number of rotatable bonds is 2. The molecule has 6 N–H and O–H groups in total. The third-order valence-electron chi connectivity index (χ3n) is 8.23. The second-order valence-corrected chi connectivity index (χ2v) is 12.7. The van der Waals surface area contributed by atoms with E-state index < -0.39 is 0 Å². The van der Waals surface area contributed by atoms with E-state index in [9.17, 15) is 5.11 Å². The molecule has 0 saturated carbocycles. The highest BCUT2D eigenvalue weighted by Gasteiger charge is 2.04. The fourth-order valence-electron chi connectivity index (χ4n) is 5.31. The SMILES string of the molecule is CC.CC.CC.CC.CC.CC.Cc1ccc2ncnc(C)c2c1.Cc1ccc2ncnc(Nc3ccccc3)c2c1.Cc1ncnc2ccc(O)cc12.Nc1ccccc1.Nc1ccccc1. The third-order valence-corrected chi connectivity index (χ3v) is 8.23. The van der Waals surface area contributed by atoms with Gasteiger partial charge in [-0.2, -0.15) is 0 Å². The zero-order chi connectivity index (χ0) is 51.7. The van der Waals surface area contributed by atoms with Gasteiger partial charge in [0.2, 0.25) is 0 Å². The largest absolute Gasteiger partial charge is 0.508 e. The van der Waals surface area contributed by atoms with Gasteiger partial charge in [-0.05, 0) is 107 Å². The highest BCUT2D eigenvalue weighted by atomic mass is 16.3. The summed E-state index contributed by atoms with van der Waals surface area (Å²) >= 11 is 0. The molecule has 0 bridgehead atoms. The van der Waals surface area contributed by atoms with Crippen molar-refractivity contribution in [3.63, 3.8) is 0 Å². The van der Waals surface area contributed by atoms with Crippen LogP contribution in [0.15, 0.2) is 165 Å². The number of hydrogen-bond donors (Lipinski definition) is 4. The van der Waals surface area contributed by atoms with E-state index >= 15 is 0 Å². The van der Waals surface area contributed by atoms with Crippen molar-refractivity contribution in [2.45, 2.75) is 111 Å². The van der Waals surface area contributed by atoms with Crippen molar-refractivity contribution in [2.75, 3.05) is 16.8 Å². The minimum atomic E-state index is 0.250. The Morgan fingerprint density at radius 1 is 0.368 bits per heavy atom. The number of aromatic nitrogens is 6. The summed E-state index contributed by atoms with van der Waals surface area (Å²) in [5, 5.41) is 15.6. The maximum Gasteiger partial charge on any atom is 0.141 e. The quantitative estimate of drug-likeness (QED) is 0.123. The predicted molar refractivity (Wildman–Crippen MR) is 299 cm³/mol. The van der Waals surface area contributed by atoms with E-state index in [4.69, 9.17) is 11.5 Å². The van der Waals surface area contributed by atoms with Gasteiger partial charge in [-0.1, -0.05) is 161 Å². The molecule has 9 rings (SSSR count). The molecule has 68 heavy (non-hydrogen) atoms. The number of phenols is 1. The molecule has 10 heteroatoms. The van der Waals surface area contributed by atoms with Gasteiger partial charge in [-0.15, -0.1) is 0 Å². The van der Waals surface area contributed by atoms with Gasteiger partial charge in [0, 0.05) is 44.6 Å². The summed E-state index contributed by atoms with van der Waals surface area (Å²) in [5.74, 6) is 1.09. The molecule has 0 amide bonds. The number of anilines is 4. The maximum atomic E-state index is 9.20. The minimum absolute atomic E-state index is 0.250. The highest BCUT2D eigenvalue weighted by Crippen LogP contribution is 2.24. The van der Waals surface area contributed by atoms with Gasteiger partial charge in [0.25, 0.3) is 0 Å². The summed E-state index contributed by atoms with van der Waals surface area (Å²) in [4.78, 5) is 25.0. The van der Waals surface area contributed by atoms with Gasteiger partial charge in [0.05, 0.1) is 16.6 Å². The number of nitrogen functional groups attached to an aromatic ring is 2. The molecule has 364 valence electrons. The summed E-state index contributed by atoms with van der Waals surface area (Å²) in [7, 11) is 0. The van der Waals surface area contributed by atoms with Gasteiger partial charge in [-0.25, -0.2) is 29.9 Å². The summed E-state index contributed by atoms with van der Waals surface area (Å²) in [6, 6.07) is 46.4. The molecule has 0 fully saturated rings. The average molecular weight is 920 g/mol. The molecule has 0 unspecified atom stereocenters. The number of nitrogens with zero attached hydrogens (tertiary/aromatic N) is 6. The number of benzene rings is 6. The van der Waals surface area contributed by atoms with E-state index in [0.717, 1.165) is 67.0 Å². The zero-order valence-electron chi connectivity index (χ0n) is 43.9. The molecule has 9 aromatic rings. The minimum Gasteiger partial charge on any atom is -0.508 e. The number of phenolic OH excluding ortho intramolecular Hbond substituents is 1. The van der Waals surface area contributed by atoms with Gasteiger partial charge in [-0.3, -0.25) is 0 Å². The van der Waals surface area contributed by atoms with E-state index in [0.29, 0.717) is 0 Å². The lowest BCUT2D eigenvalue weighted by atomic mass is 10.1. The molecule has 6 aromatic carbocycles. The molecular weight excluding hydrogens is 839 g/mol. The monoisotopic (exact) mass is 920 g/mol. The van der Waals surface area contributed by atoms with Crippen LogP contribution in [0.1, 0.15) is 106 Å². The number of para-hydroxylation sites is 3. The van der Waals surface area contributed by atoms with Crippen molar-refractivity contribution >= 4 is 55.6 Å². The number of nitrogens with one attached hydrogen (secondary N) is 1. The second-order valence-electron chi connectivity index (χ2n) is 12.7. The van der Waals surface area contributed by atoms with Crippen LogP contribution in [0.5, 0.6) is 5.75 Å². The Morgan fingerprint density at radius 3 is 1.10 bits per heavy atom. The van der Waals surface area contributed by atoms with Gasteiger partial charge >= 0.3 is 0 Å². The molecule has 0 saturated heterocycles. The van der Waals surface area contributed by atoms with Crippen molar-refractivity contribution in [1.82, 2.24) is 29.9 Å². The average Bonchev–Trinajstić information content (AvgIpc) is 3.40. The highest BCUT2D eigenvalue weighted by molar-refractivity contribution is 5.91. The van der Waals surface area contributed by atoms with Crippen molar-refractivity contribution < 1.29 is 5.11 Å². The zero-order valence-corrected chi connectivity index (χ0v) is 43.9. The molecule has 0 aliphatic heterocycles. The molecular formula is C58H81N9O. The van der Waals surface area contributed by atoms with Crippen molar-refractivity contribution in [2.24, 2.45) is 0 Å². The number of aromatic hydroxyl groups is 1. The van der Waals surface area contributed by atoms with E-state index in [1.807, 2.05) is 200 Å². The number of fused-ring (bicyclic) bond motifs is 3. The smallest absolute Gasteiger partial charge is 0.141 e. The Bertz CT molecular complexity index is 2470. The normalized spacial score (nSPS) is 8.76. The van der Waals surface area contributed by atoms with E-state index in [-0.39, 0.29) is 5.75 Å². The molecule has 3 aromatic heterocycles. The molecule has 0 aliphatic rings. The molecule has 0 atom stereocenters. The first-order chi connectivity index (χ1) is 33.2. The van der Waals surface area contributed by atoms with E-state index in [1.54, 1.807) is 30.9 Å². The Labute approximate surface area is 409 Å². The van der Waals surface area contributed by atoms with Crippen LogP contribution in [-0.2, 0) is 0 Å².